The van der Waals surface area contributed by atoms with Crippen LogP contribution >= 0.6 is 0 Å². The number of hydrogen-bond donors (Lipinski definition) is 1. The fourth-order valence-corrected chi connectivity index (χ4v) is 5.58. The highest BCUT2D eigenvalue weighted by atomic mass is 32.2. The van der Waals surface area contributed by atoms with Crippen LogP contribution in [-0.4, -0.2) is 81.0 Å². The van der Waals surface area contributed by atoms with Crippen LogP contribution in [0.5, 0.6) is 11.5 Å². The maximum atomic E-state index is 13.1. The Morgan fingerprint density at radius 2 is 1.76 bits per heavy atom. The number of amides is 1. The van der Waals surface area contributed by atoms with Crippen molar-refractivity contribution in [3.8, 4) is 11.5 Å². The lowest BCUT2D eigenvalue weighted by Gasteiger charge is -2.34. The Labute approximate surface area is 192 Å². The largest absolute Gasteiger partial charge is 0.486 e. The molecule has 1 aromatic heterocycles. The fraction of sp³-hybridized carbons (Fsp3) is 0.455. The summed E-state index contributed by atoms with van der Waals surface area (Å²) >= 11 is 0. The van der Waals surface area contributed by atoms with Gasteiger partial charge in [0.05, 0.1) is 17.6 Å². The van der Waals surface area contributed by atoms with E-state index in [0.29, 0.717) is 53.6 Å². The number of rotatable bonds is 5. The van der Waals surface area contributed by atoms with Crippen molar-refractivity contribution < 1.29 is 32.2 Å². The Hall–Kier alpha value is -3.05. The van der Waals surface area contributed by atoms with E-state index >= 15 is 0 Å². The van der Waals surface area contributed by atoms with E-state index in [0.717, 1.165) is 0 Å². The number of piperazine rings is 1. The highest BCUT2D eigenvalue weighted by molar-refractivity contribution is 7.89. The van der Waals surface area contributed by atoms with Gasteiger partial charge in [-0.15, -0.1) is 0 Å². The predicted molar refractivity (Wildman–Crippen MR) is 118 cm³/mol. The van der Waals surface area contributed by atoms with E-state index in [-0.39, 0.29) is 37.0 Å². The third kappa shape index (κ3) is 4.18. The fourth-order valence-electron chi connectivity index (χ4n) is 4.14. The number of esters is 1. The molecule has 1 aromatic carbocycles. The Kier molecular flexibility index (Phi) is 6.35. The summed E-state index contributed by atoms with van der Waals surface area (Å²) in [5.41, 5.74) is 1.89. The van der Waals surface area contributed by atoms with Crippen molar-refractivity contribution in [3.63, 3.8) is 0 Å². The number of H-pyrrole nitrogens is 1. The molecule has 178 valence electrons. The number of nitrogens with zero attached hydrogens (tertiary/aromatic N) is 2. The summed E-state index contributed by atoms with van der Waals surface area (Å²) in [5, 5.41) is 0. The van der Waals surface area contributed by atoms with Gasteiger partial charge in [0.2, 0.25) is 10.0 Å². The van der Waals surface area contributed by atoms with Gasteiger partial charge >= 0.3 is 5.97 Å². The number of ether oxygens (including phenoxy) is 3. The van der Waals surface area contributed by atoms with E-state index in [1.807, 2.05) is 6.92 Å². The summed E-state index contributed by atoms with van der Waals surface area (Å²) in [4.78, 5) is 30.1. The average molecular weight is 478 g/mol. The van der Waals surface area contributed by atoms with Gasteiger partial charge in [0.25, 0.3) is 5.91 Å². The molecule has 0 radical (unpaired) electrons. The zero-order valence-electron chi connectivity index (χ0n) is 18.8. The maximum Gasteiger partial charge on any atom is 0.339 e. The van der Waals surface area contributed by atoms with Crippen molar-refractivity contribution in [3.05, 3.63) is 40.7 Å². The van der Waals surface area contributed by atoms with Crippen molar-refractivity contribution in [1.82, 2.24) is 14.2 Å². The summed E-state index contributed by atoms with van der Waals surface area (Å²) in [6.07, 6.45) is 0.542. The number of hydrogen-bond acceptors (Lipinski definition) is 7. The molecule has 0 saturated carbocycles. The molecule has 1 N–H and O–H groups in total. The normalized spacial score (nSPS) is 16.5. The van der Waals surface area contributed by atoms with Crippen LogP contribution in [0.25, 0.3) is 0 Å². The highest BCUT2D eigenvalue weighted by Crippen LogP contribution is 2.33. The first-order valence-corrected chi connectivity index (χ1v) is 12.2. The molecule has 10 nitrogen and oxygen atoms in total. The van der Waals surface area contributed by atoms with Crippen LogP contribution in [0.15, 0.2) is 23.1 Å². The Bertz CT molecular complexity index is 1180. The summed E-state index contributed by atoms with van der Waals surface area (Å²) in [5.74, 6) is 0.171. The SMILES string of the molecule is CCc1[nH]c(C(=O)N2CCN(S(=O)(=O)c3ccc4c(c3)OCCO4)CC2)c(C)c1C(=O)OC. The zero-order valence-corrected chi connectivity index (χ0v) is 19.7. The second-order valence-corrected chi connectivity index (χ2v) is 9.76. The van der Waals surface area contributed by atoms with Crippen molar-refractivity contribution in [2.75, 3.05) is 46.5 Å². The maximum absolute atomic E-state index is 13.1. The molecule has 0 bridgehead atoms. The van der Waals surface area contributed by atoms with E-state index in [1.165, 1.54) is 23.5 Å². The first-order valence-electron chi connectivity index (χ1n) is 10.8. The monoisotopic (exact) mass is 477 g/mol. The molecule has 33 heavy (non-hydrogen) atoms. The van der Waals surface area contributed by atoms with E-state index in [4.69, 9.17) is 14.2 Å². The standard InChI is InChI=1S/C22H27N3O7S/c1-4-16-19(22(27)30-3)14(2)20(23-16)21(26)24-7-9-25(10-8-24)33(28,29)15-5-6-17-18(13-15)32-12-11-31-17/h5-6,13,23H,4,7-12H2,1-3H3. The van der Waals surface area contributed by atoms with Crippen molar-refractivity contribution in [2.45, 2.75) is 25.2 Å². The van der Waals surface area contributed by atoms with Gasteiger partial charge in [-0.25, -0.2) is 13.2 Å². The Morgan fingerprint density at radius 3 is 2.39 bits per heavy atom. The number of methoxy groups -OCH3 is 1. The van der Waals surface area contributed by atoms with Crippen LogP contribution in [0.3, 0.4) is 0 Å². The minimum atomic E-state index is -3.75. The minimum absolute atomic E-state index is 0.127. The van der Waals surface area contributed by atoms with Gasteiger partial charge < -0.3 is 24.1 Å². The van der Waals surface area contributed by atoms with Gasteiger partial charge in [0, 0.05) is 37.9 Å². The number of nitrogens with one attached hydrogen (secondary N) is 1. The number of carbonyl (C=O) groups is 2. The molecule has 11 heteroatoms. The number of aryl methyl sites for hydroxylation is 1. The molecule has 1 saturated heterocycles. The molecular formula is C22H27N3O7S. The number of sulfonamides is 1. The second-order valence-electron chi connectivity index (χ2n) is 7.83. The van der Waals surface area contributed by atoms with Gasteiger partial charge in [-0.2, -0.15) is 4.31 Å². The lowest BCUT2D eigenvalue weighted by Crippen LogP contribution is -2.50. The second kappa shape index (κ2) is 9.06. The molecule has 2 aromatic rings. The summed E-state index contributed by atoms with van der Waals surface area (Å²) in [7, 11) is -2.45. The van der Waals surface area contributed by atoms with Crippen LogP contribution < -0.4 is 9.47 Å². The molecule has 4 rings (SSSR count). The number of benzene rings is 1. The lowest BCUT2D eigenvalue weighted by molar-refractivity contribution is 0.0599. The summed E-state index contributed by atoms with van der Waals surface area (Å²) in [6.45, 7) is 5.17. The minimum Gasteiger partial charge on any atom is -0.486 e. The van der Waals surface area contributed by atoms with Gasteiger partial charge in [-0.3, -0.25) is 4.79 Å². The topological polar surface area (TPSA) is 118 Å². The van der Waals surface area contributed by atoms with Crippen LogP contribution in [0.4, 0.5) is 0 Å². The molecule has 2 aliphatic heterocycles. The molecule has 0 unspecified atom stereocenters. The number of aromatic amines is 1. The molecule has 0 atom stereocenters. The number of aromatic nitrogens is 1. The molecule has 0 aliphatic carbocycles. The molecule has 3 heterocycles. The smallest absolute Gasteiger partial charge is 0.339 e. The van der Waals surface area contributed by atoms with Crippen LogP contribution in [0.1, 0.15) is 39.0 Å². The lowest BCUT2D eigenvalue weighted by atomic mass is 10.1. The first kappa shape index (κ1) is 23.1. The van der Waals surface area contributed by atoms with Gasteiger partial charge in [0.15, 0.2) is 11.5 Å². The molecule has 0 spiro atoms. The predicted octanol–water partition coefficient (Wildman–Crippen LogP) is 1.59. The van der Waals surface area contributed by atoms with Gasteiger partial charge in [-0.05, 0) is 31.0 Å². The number of carbonyl (C=O) groups excluding carboxylic acids is 2. The molecular weight excluding hydrogens is 450 g/mol. The Morgan fingerprint density at radius 1 is 1.09 bits per heavy atom. The van der Waals surface area contributed by atoms with E-state index in [1.54, 1.807) is 17.9 Å². The van der Waals surface area contributed by atoms with Gasteiger partial charge in [0.1, 0.15) is 18.9 Å². The molecule has 2 aliphatic rings. The third-order valence-corrected chi connectivity index (χ3v) is 7.86. The third-order valence-electron chi connectivity index (χ3n) is 5.96. The Balaban J connectivity index is 1.48. The van der Waals surface area contributed by atoms with Crippen molar-refractivity contribution in [2.24, 2.45) is 0 Å². The zero-order chi connectivity index (χ0) is 23.8. The van der Waals surface area contributed by atoms with Gasteiger partial charge in [-0.1, -0.05) is 6.92 Å². The van der Waals surface area contributed by atoms with Crippen LogP contribution in [0.2, 0.25) is 0 Å². The highest BCUT2D eigenvalue weighted by Gasteiger charge is 2.33. The van der Waals surface area contributed by atoms with Crippen molar-refractivity contribution in [1.29, 1.82) is 0 Å². The molecule has 1 amide bonds. The quantitative estimate of drug-likeness (QED) is 0.650. The molecule has 1 fully saturated rings. The average Bonchev–Trinajstić information content (AvgIpc) is 3.18. The van der Waals surface area contributed by atoms with E-state index in [9.17, 15) is 18.0 Å². The number of fused-ring (bicyclic) bond motifs is 1. The van der Waals surface area contributed by atoms with Crippen molar-refractivity contribution >= 4 is 21.9 Å². The van der Waals surface area contributed by atoms with E-state index < -0.39 is 16.0 Å². The summed E-state index contributed by atoms with van der Waals surface area (Å²) < 4.78 is 43.5. The van der Waals surface area contributed by atoms with E-state index in [2.05, 4.69) is 4.98 Å². The summed E-state index contributed by atoms with van der Waals surface area (Å²) in [6, 6.07) is 4.58. The van der Waals surface area contributed by atoms with Crippen LogP contribution in [-0.2, 0) is 21.2 Å². The van der Waals surface area contributed by atoms with Crippen LogP contribution in [0, 0.1) is 6.92 Å². The first-order chi connectivity index (χ1) is 15.8.